The predicted octanol–water partition coefficient (Wildman–Crippen LogP) is 6.40. The van der Waals surface area contributed by atoms with Crippen molar-refractivity contribution < 1.29 is 0 Å². The molecule has 0 radical (unpaired) electrons. The van der Waals surface area contributed by atoms with Gasteiger partial charge in [-0.1, -0.05) is 27.5 Å². The molecule has 0 bridgehead atoms. The molecule has 0 saturated carbocycles. The highest BCUT2D eigenvalue weighted by Gasteiger charge is 2.12. The van der Waals surface area contributed by atoms with E-state index in [1.807, 2.05) is 11.3 Å². The number of fused-ring (bicyclic) bond motifs is 3. The Bertz CT molecular complexity index is 786. The van der Waals surface area contributed by atoms with Gasteiger partial charge in [0.05, 0.1) is 0 Å². The molecule has 0 amide bonds. The molecule has 0 aliphatic rings. The summed E-state index contributed by atoms with van der Waals surface area (Å²) in [7, 11) is 0. The van der Waals surface area contributed by atoms with Crippen LogP contribution in [-0.4, -0.2) is 0 Å². The molecule has 0 aliphatic carbocycles. The van der Waals surface area contributed by atoms with Gasteiger partial charge in [-0.05, 0) is 55.7 Å². The molecular formula is C15H12BrClS. The van der Waals surface area contributed by atoms with E-state index in [1.165, 1.54) is 35.8 Å². The van der Waals surface area contributed by atoms with Gasteiger partial charge in [-0.25, -0.2) is 0 Å². The summed E-state index contributed by atoms with van der Waals surface area (Å²) in [6.07, 6.45) is 0. The third-order valence-electron chi connectivity index (χ3n) is 3.38. The number of hydrogen-bond acceptors (Lipinski definition) is 1. The minimum absolute atomic E-state index is 0.893. The second kappa shape index (κ2) is 4.22. The minimum Gasteiger partial charge on any atom is -0.135 e. The lowest BCUT2D eigenvalue weighted by Gasteiger charge is -2.04. The van der Waals surface area contributed by atoms with Crippen LogP contribution in [0, 0.1) is 20.8 Å². The summed E-state index contributed by atoms with van der Waals surface area (Å²) in [4.78, 5) is 0. The maximum atomic E-state index is 6.34. The van der Waals surface area contributed by atoms with Crippen LogP contribution in [0.15, 0.2) is 22.7 Å². The largest absolute Gasteiger partial charge is 0.135 e. The van der Waals surface area contributed by atoms with Crippen molar-refractivity contribution in [3.8, 4) is 0 Å². The van der Waals surface area contributed by atoms with E-state index in [-0.39, 0.29) is 0 Å². The van der Waals surface area contributed by atoms with E-state index < -0.39 is 0 Å². The van der Waals surface area contributed by atoms with Crippen molar-refractivity contribution in [3.05, 3.63) is 44.4 Å². The van der Waals surface area contributed by atoms with Crippen LogP contribution in [0.5, 0.6) is 0 Å². The van der Waals surface area contributed by atoms with E-state index in [9.17, 15) is 0 Å². The van der Waals surface area contributed by atoms with Gasteiger partial charge in [0.25, 0.3) is 0 Å². The monoisotopic (exact) mass is 338 g/mol. The third kappa shape index (κ3) is 1.70. The van der Waals surface area contributed by atoms with E-state index in [4.69, 9.17) is 11.6 Å². The van der Waals surface area contributed by atoms with Gasteiger partial charge in [0, 0.05) is 29.7 Å². The van der Waals surface area contributed by atoms with E-state index in [1.54, 1.807) is 0 Å². The van der Waals surface area contributed by atoms with Crippen LogP contribution in [-0.2, 0) is 0 Å². The van der Waals surface area contributed by atoms with Crippen LogP contribution in [0.25, 0.3) is 20.2 Å². The van der Waals surface area contributed by atoms with Gasteiger partial charge in [-0.2, -0.15) is 0 Å². The van der Waals surface area contributed by atoms with E-state index in [0.717, 1.165) is 10.6 Å². The third-order valence-corrected chi connectivity index (χ3v) is 6.11. The summed E-state index contributed by atoms with van der Waals surface area (Å²) in [5, 5.41) is 3.55. The molecule has 0 saturated heterocycles. The standard InChI is InChI=1S/C15H12BrClS/c1-7-4-10-11-5-8(2)14(17)9(3)15(11)18-13(10)6-12(7)16/h4-6H,1-3H3. The lowest BCUT2D eigenvalue weighted by molar-refractivity contribution is 1.44. The second-order valence-corrected chi connectivity index (χ2v) is 6.99. The lowest BCUT2D eigenvalue weighted by atomic mass is 10.1. The first-order valence-corrected chi connectivity index (χ1v) is 7.76. The number of halogens is 2. The molecule has 0 atom stereocenters. The Kier molecular flexibility index (Phi) is 2.92. The van der Waals surface area contributed by atoms with Crippen molar-refractivity contribution in [3.63, 3.8) is 0 Å². The fourth-order valence-corrected chi connectivity index (χ4v) is 4.25. The average Bonchev–Trinajstić information content (AvgIpc) is 2.66. The SMILES string of the molecule is Cc1cc2c(cc1Br)sc1c(C)c(Cl)c(C)cc12. The van der Waals surface area contributed by atoms with Gasteiger partial charge in [-0.15, -0.1) is 11.3 Å². The minimum atomic E-state index is 0.893. The van der Waals surface area contributed by atoms with Crippen LogP contribution in [0.3, 0.4) is 0 Å². The maximum Gasteiger partial charge on any atom is 0.0478 e. The van der Waals surface area contributed by atoms with E-state index in [0.29, 0.717) is 0 Å². The summed E-state index contributed by atoms with van der Waals surface area (Å²) >= 11 is 11.8. The maximum absolute atomic E-state index is 6.34. The van der Waals surface area contributed by atoms with Crippen LogP contribution in [0.4, 0.5) is 0 Å². The summed E-state index contributed by atoms with van der Waals surface area (Å²) in [6, 6.07) is 6.67. The van der Waals surface area contributed by atoms with E-state index >= 15 is 0 Å². The summed E-state index contributed by atoms with van der Waals surface area (Å²) in [5.41, 5.74) is 3.62. The molecule has 3 heteroatoms. The fraction of sp³-hybridized carbons (Fsp3) is 0.200. The van der Waals surface area contributed by atoms with Gasteiger partial charge in [-0.3, -0.25) is 0 Å². The molecule has 0 fully saturated rings. The molecule has 1 aromatic heterocycles. The van der Waals surface area contributed by atoms with Gasteiger partial charge < -0.3 is 0 Å². The van der Waals surface area contributed by atoms with Crippen molar-refractivity contribution in [2.75, 3.05) is 0 Å². The summed E-state index contributed by atoms with van der Waals surface area (Å²) in [6.45, 7) is 6.31. The van der Waals surface area contributed by atoms with E-state index in [2.05, 4.69) is 54.9 Å². The number of thiophene rings is 1. The van der Waals surface area contributed by atoms with Crippen LogP contribution < -0.4 is 0 Å². The number of rotatable bonds is 0. The molecule has 3 rings (SSSR count). The van der Waals surface area contributed by atoms with Crippen molar-refractivity contribution in [1.82, 2.24) is 0 Å². The first kappa shape index (κ1) is 12.5. The van der Waals surface area contributed by atoms with Gasteiger partial charge in [0.15, 0.2) is 0 Å². The van der Waals surface area contributed by atoms with Gasteiger partial charge >= 0.3 is 0 Å². The number of benzene rings is 2. The van der Waals surface area contributed by atoms with Crippen molar-refractivity contribution in [1.29, 1.82) is 0 Å². The van der Waals surface area contributed by atoms with Crippen molar-refractivity contribution in [2.45, 2.75) is 20.8 Å². The number of aryl methyl sites for hydroxylation is 3. The second-order valence-electron chi connectivity index (χ2n) is 4.71. The molecule has 18 heavy (non-hydrogen) atoms. The molecule has 0 aliphatic heterocycles. The molecular weight excluding hydrogens is 328 g/mol. The van der Waals surface area contributed by atoms with Crippen LogP contribution >= 0.6 is 38.9 Å². The first-order valence-electron chi connectivity index (χ1n) is 5.77. The molecule has 1 heterocycles. The zero-order valence-electron chi connectivity index (χ0n) is 10.4. The summed E-state index contributed by atoms with van der Waals surface area (Å²) in [5.74, 6) is 0. The molecule has 0 spiro atoms. The van der Waals surface area contributed by atoms with Crippen molar-refractivity contribution >= 4 is 59.0 Å². The molecule has 0 N–H and O–H groups in total. The average molecular weight is 340 g/mol. The van der Waals surface area contributed by atoms with Crippen molar-refractivity contribution in [2.24, 2.45) is 0 Å². The zero-order valence-corrected chi connectivity index (χ0v) is 13.6. The lowest BCUT2D eigenvalue weighted by Crippen LogP contribution is -1.81. The van der Waals surface area contributed by atoms with Crippen LogP contribution in [0.1, 0.15) is 16.7 Å². The van der Waals surface area contributed by atoms with Crippen LogP contribution in [0.2, 0.25) is 5.02 Å². The Hall–Kier alpha value is -0.570. The molecule has 2 aromatic carbocycles. The Labute approximate surface area is 124 Å². The molecule has 0 nitrogen and oxygen atoms in total. The summed E-state index contributed by atoms with van der Waals surface area (Å²) < 4.78 is 3.78. The topological polar surface area (TPSA) is 0 Å². The van der Waals surface area contributed by atoms with Gasteiger partial charge in [0.2, 0.25) is 0 Å². The predicted molar refractivity (Wildman–Crippen MR) is 86.3 cm³/mol. The Morgan fingerprint density at radius 2 is 1.67 bits per heavy atom. The van der Waals surface area contributed by atoms with Gasteiger partial charge in [0.1, 0.15) is 0 Å². The molecule has 3 aromatic rings. The Balaban J connectivity index is 2.56. The highest BCUT2D eigenvalue weighted by molar-refractivity contribution is 9.10. The quantitative estimate of drug-likeness (QED) is 0.445. The molecule has 0 unspecified atom stereocenters. The zero-order chi connectivity index (χ0) is 13.0. The Morgan fingerprint density at radius 3 is 2.39 bits per heavy atom. The smallest absolute Gasteiger partial charge is 0.0478 e. The highest BCUT2D eigenvalue weighted by atomic mass is 79.9. The first-order chi connectivity index (χ1) is 8.49. The number of hydrogen-bond donors (Lipinski definition) is 0. The normalized spacial score (nSPS) is 11.6. The molecule has 92 valence electrons. The highest BCUT2D eigenvalue weighted by Crippen LogP contribution is 2.41. The Morgan fingerprint density at radius 1 is 1.00 bits per heavy atom. The fourth-order valence-electron chi connectivity index (χ4n) is 2.34.